The van der Waals surface area contributed by atoms with Crippen molar-refractivity contribution in [3.8, 4) is 0 Å². The number of amides is 1. The molecule has 0 aliphatic rings. The Kier molecular flexibility index (Phi) is 7.28. The average Bonchev–Trinajstić information content (AvgIpc) is 2.44. The van der Waals surface area contributed by atoms with Gasteiger partial charge in [0.05, 0.1) is 13.2 Å². The summed E-state index contributed by atoms with van der Waals surface area (Å²) in [4.78, 5) is 22.7. The van der Waals surface area contributed by atoms with Crippen LogP contribution in [0.1, 0.15) is 26.3 Å². The standard InChI is InChI=1S/C17H23NO5/c1-17(2,3)23-16(21)18-14(15(19)20)12-22-11-7-10-13-8-5-4-6-9-13/h4-10,14H,11-12H2,1-3H3,(H,18,21)(H,19,20)/b10-7+. The molecule has 2 N–H and O–H groups in total. The fraction of sp³-hybridized carbons (Fsp3) is 0.412. The van der Waals surface area contributed by atoms with Crippen molar-refractivity contribution >= 4 is 18.1 Å². The Morgan fingerprint density at radius 3 is 2.48 bits per heavy atom. The minimum Gasteiger partial charge on any atom is -0.480 e. The number of nitrogens with one attached hydrogen (secondary N) is 1. The lowest BCUT2D eigenvalue weighted by molar-refractivity contribution is -0.141. The predicted molar refractivity (Wildman–Crippen MR) is 87.1 cm³/mol. The first-order chi connectivity index (χ1) is 10.8. The second-order valence-electron chi connectivity index (χ2n) is 5.89. The highest BCUT2D eigenvalue weighted by molar-refractivity contribution is 5.80. The van der Waals surface area contributed by atoms with Gasteiger partial charge in [-0.1, -0.05) is 42.5 Å². The molecular weight excluding hydrogens is 298 g/mol. The molecule has 6 heteroatoms. The van der Waals surface area contributed by atoms with Gasteiger partial charge in [0, 0.05) is 0 Å². The number of benzene rings is 1. The first-order valence-electron chi connectivity index (χ1n) is 7.29. The summed E-state index contributed by atoms with van der Waals surface area (Å²) >= 11 is 0. The summed E-state index contributed by atoms with van der Waals surface area (Å²) in [6, 6.07) is 8.50. The van der Waals surface area contributed by atoms with Crippen molar-refractivity contribution in [3.63, 3.8) is 0 Å². The summed E-state index contributed by atoms with van der Waals surface area (Å²) in [6.45, 7) is 5.20. The number of ether oxygens (including phenoxy) is 2. The molecule has 1 aromatic rings. The number of carbonyl (C=O) groups excluding carboxylic acids is 1. The van der Waals surface area contributed by atoms with Crippen molar-refractivity contribution in [1.82, 2.24) is 5.32 Å². The van der Waals surface area contributed by atoms with Gasteiger partial charge in [0.25, 0.3) is 0 Å². The maximum atomic E-state index is 11.6. The van der Waals surface area contributed by atoms with E-state index in [9.17, 15) is 9.59 Å². The Bertz CT molecular complexity index is 534. The molecule has 0 aliphatic carbocycles. The maximum absolute atomic E-state index is 11.6. The Hall–Kier alpha value is -2.34. The first kappa shape index (κ1) is 18.7. The molecule has 0 aromatic heterocycles. The van der Waals surface area contributed by atoms with E-state index in [1.807, 2.05) is 36.4 Å². The highest BCUT2D eigenvalue weighted by Crippen LogP contribution is 2.07. The third-order valence-electron chi connectivity index (χ3n) is 2.60. The molecule has 0 radical (unpaired) electrons. The van der Waals surface area contributed by atoms with Gasteiger partial charge in [-0.05, 0) is 26.3 Å². The van der Waals surface area contributed by atoms with Gasteiger partial charge in [-0.3, -0.25) is 0 Å². The second-order valence-corrected chi connectivity index (χ2v) is 5.89. The van der Waals surface area contributed by atoms with Gasteiger partial charge in [-0.25, -0.2) is 9.59 Å². The summed E-state index contributed by atoms with van der Waals surface area (Å²) in [5, 5.41) is 11.4. The smallest absolute Gasteiger partial charge is 0.408 e. The number of alkyl carbamates (subject to hydrolysis) is 1. The molecule has 1 aromatic carbocycles. The van der Waals surface area contributed by atoms with Crippen LogP contribution in [0, 0.1) is 0 Å². The lowest BCUT2D eigenvalue weighted by Crippen LogP contribution is -2.46. The maximum Gasteiger partial charge on any atom is 0.408 e. The average molecular weight is 321 g/mol. The van der Waals surface area contributed by atoms with Gasteiger partial charge in [-0.2, -0.15) is 0 Å². The molecule has 1 atom stereocenters. The number of aliphatic carboxylic acids is 1. The van der Waals surface area contributed by atoms with Crippen LogP contribution in [0.3, 0.4) is 0 Å². The zero-order chi connectivity index (χ0) is 17.3. The number of carboxylic acid groups (broad SMARTS) is 1. The van der Waals surface area contributed by atoms with Gasteiger partial charge in [0.2, 0.25) is 0 Å². The van der Waals surface area contributed by atoms with Gasteiger partial charge < -0.3 is 19.9 Å². The summed E-state index contributed by atoms with van der Waals surface area (Å²) in [5.41, 5.74) is 0.338. The molecule has 0 aliphatic heterocycles. The molecule has 1 amide bonds. The second kappa shape index (κ2) is 8.95. The lowest BCUT2D eigenvalue weighted by atomic mass is 10.2. The first-order valence-corrected chi connectivity index (χ1v) is 7.29. The van der Waals surface area contributed by atoms with Gasteiger partial charge in [-0.15, -0.1) is 0 Å². The SMILES string of the molecule is CC(C)(C)OC(=O)NC(COC/C=C/c1ccccc1)C(=O)O. The molecule has 0 fully saturated rings. The summed E-state index contributed by atoms with van der Waals surface area (Å²) < 4.78 is 10.3. The lowest BCUT2D eigenvalue weighted by Gasteiger charge is -2.21. The van der Waals surface area contributed by atoms with Gasteiger partial charge in [0.15, 0.2) is 6.04 Å². The van der Waals surface area contributed by atoms with E-state index in [2.05, 4.69) is 5.32 Å². The molecule has 1 unspecified atom stereocenters. The zero-order valence-electron chi connectivity index (χ0n) is 13.6. The molecule has 0 bridgehead atoms. The van der Waals surface area contributed by atoms with Crippen LogP contribution in [0.4, 0.5) is 4.79 Å². The number of hydrogen-bond acceptors (Lipinski definition) is 4. The van der Waals surface area contributed by atoms with Crippen molar-refractivity contribution in [3.05, 3.63) is 42.0 Å². The summed E-state index contributed by atoms with van der Waals surface area (Å²) in [7, 11) is 0. The quantitative estimate of drug-likeness (QED) is 0.754. The fourth-order valence-electron chi connectivity index (χ4n) is 1.63. The Balaban J connectivity index is 2.37. The molecule has 0 heterocycles. The summed E-state index contributed by atoms with van der Waals surface area (Å²) in [5.74, 6) is -1.18. The van der Waals surface area contributed by atoms with Crippen LogP contribution < -0.4 is 5.32 Å². The van der Waals surface area contributed by atoms with E-state index in [1.165, 1.54) is 0 Å². The van der Waals surface area contributed by atoms with Gasteiger partial charge >= 0.3 is 12.1 Å². The third kappa shape index (κ3) is 8.63. The van der Waals surface area contributed by atoms with Crippen LogP contribution in [0.15, 0.2) is 36.4 Å². The minimum atomic E-state index is -1.18. The number of hydrogen-bond donors (Lipinski definition) is 2. The monoisotopic (exact) mass is 321 g/mol. The van der Waals surface area contributed by atoms with E-state index >= 15 is 0 Å². The van der Waals surface area contributed by atoms with Crippen LogP contribution in [0.5, 0.6) is 0 Å². The fourth-order valence-corrected chi connectivity index (χ4v) is 1.63. The molecular formula is C17H23NO5. The van der Waals surface area contributed by atoms with Crippen molar-refractivity contribution in [1.29, 1.82) is 0 Å². The van der Waals surface area contributed by atoms with Crippen LogP contribution in [0.25, 0.3) is 6.08 Å². The van der Waals surface area contributed by atoms with Crippen LogP contribution in [-0.2, 0) is 14.3 Å². The Labute approximate surface area is 136 Å². The normalized spacial score (nSPS) is 12.8. The highest BCUT2D eigenvalue weighted by Gasteiger charge is 2.23. The molecule has 0 spiro atoms. The Morgan fingerprint density at radius 2 is 1.91 bits per heavy atom. The number of rotatable bonds is 7. The largest absolute Gasteiger partial charge is 0.480 e. The third-order valence-corrected chi connectivity index (χ3v) is 2.60. The van der Waals surface area contributed by atoms with E-state index in [0.717, 1.165) is 5.56 Å². The molecule has 6 nitrogen and oxygen atoms in total. The van der Waals surface area contributed by atoms with Crippen molar-refractivity contribution in [2.45, 2.75) is 32.4 Å². The van der Waals surface area contributed by atoms with Crippen molar-refractivity contribution < 1.29 is 24.2 Å². The molecule has 1 rings (SSSR count). The summed E-state index contributed by atoms with van der Waals surface area (Å²) in [6.07, 6.45) is 2.87. The number of carboxylic acids is 1. The molecule has 23 heavy (non-hydrogen) atoms. The van der Waals surface area contributed by atoms with Crippen LogP contribution in [-0.4, -0.2) is 42.0 Å². The van der Waals surface area contributed by atoms with Gasteiger partial charge in [0.1, 0.15) is 5.60 Å². The zero-order valence-corrected chi connectivity index (χ0v) is 13.6. The topological polar surface area (TPSA) is 84.9 Å². The van der Waals surface area contributed by atoms with E-state index in [0.29, 0.717) is 0 Å². The van der Waals surface area contributed by atoms with Crippen molar-refractivity contribution in [2.75, 3.05) is 13.2 Å². The van der Waals surface area contributed by atoms with E-state index in [1.54, 1.807) is 26.8 Å². The minimum absolute atomic E-state index is 0.145. The van der Waals surface area contributed by atoms with E-state index < -0.39 is 23.7 Å². The molecule has 0 saturated heterocycles. The van der Waals surface area contributed by atoms with E-state index in [4.69, 9.17) is 14.6 Å². The highest BCUT2D eigenvalue weighted by atomic mass is 16.6. The Morgan fingerprint density at radius 1 is 1.26 bits per heavy atom. The van der Waals surface area contributed by atoms with E-state index in [-0.39, 0.29) is 13.2 Å². The molecule has 0 saturated carbocycles. The molecule has 126 valence electrons. The van der Waals surface area contributed by atoms with Crippen LogP contribution >= 0.6 is 0 Å². The van der Waals surface area contributed by atoms with Crippen molar-refractivity contribution in [2.24, 2.45) is 0 Å². The number of carbonyl (C=O) groups is 2. The predicted octanol–water partition coefficient (Wildman–Crippen LogP) is 2.69. The van der Waals surface area contributed by atoms with Crippen LogP contribution in [0.2, 0.25) is 0 Å².